The minimum Gasteiger partial charge on any atom is -0.356 e. The molecule has 0 radical (unpaired) electrons. The average Bonchev–Trinajstić information content (AvgIpc) is 2.49. The molecule has 0 spiro atoms. The van der Waals surface area contributed by atoms with Gasteiger partial charge < -0.3 is 5.32 Å². The Hall–Kier alpha value is -1.51. The van der Waals surface area contributed by atoms with Gasteiger partial charge in [0.2, 0.25) is 5.91 Å². The third kappa shape index (κ3) is 2.92. The molecule has 2 unspecified atom stereocenters. The lowest BCUT2D eigenvalue weighted by atomic mass is 9.77. The Labute approximate surface area is 134 Å². The lowest BCUT2D eigenvalue weighted by Gasteiger charge is -2.32. The third-order valence-corrected chi connectivity index (χ3v) is 4.53. The lowest BCUT2D eigenvalue weighted by molar-refractivity contribution is -0.124. The minimum atomic E-state index is -0.272. The maximum atomic E-state index is 12.4. The van der Waals surface area contributed by atoms with Crippen molar-refractivity contribution >= 4 is 29.1 Å². The summed E-state index contributed by atoms with van der Waals surface area (Å²) >= 11 is 12.3. The largest absolute Gasteiger partial charge is 0.356 e. The Bertz CT molecular complexity index is 657. The second-order valence-electron chi connectivity index (χ2n) is 5.24. The van der Waals surface area contributed by atoms with Crippen molar-refractivity contribution in [3.63, 3.8) is 0 Å². The Balaban J connectivity index is 2.04. The molecule has 1 aliphatic heterocycles. The van der Waals surface area contributed by atoms with Gasteiger partial charge >= 0.3 is 0 Å². The first kappa shape index (κ1) is 14.4. The number of hydrogen-bond acceptors (Lipinski definition) is 1. The van der Waals surface area contributed by atoms with Gasteiger partial charge in [0.1, 0.15) is 0 Å². The van der Waals surface area contributed by atoms with Crippen molar-refractivity contribution < 1.29 is 4.79 Å². The van der Waals surface area contributed by atoms with Gasteiger partial charge in [-0.15, -0.1) is 0 Å². The molecular weight excluding hydrogens is 305 g/mol. The Morgan fingerprint density at radius 3 is 2.52 bits per heavy atom. The second kappa shape index (κ2) is 6.08. The van der Waals surface area contributed by atoms with Gasteiger partial charge in [-0.2, -0.15) is 0 Å². The van der Waals surface area contributed by atoms with Crippen molar-refractivity contribution in [2.75, 3.05) is 6.54 Å². The van der Waals surface area contributed by atoms with E-state index in [1.807, 2.05) is 24.3 Å². The van der Waals surface area contributed by atoms with Gasteiger partial charge in [0, 0.05) is 22.5 Å². The Morgan fingerprint density at radius 1 is 1.05 bits per heavy atom. The molecule has 0 bridgehead atoms. The molecule has 1 heterocycles. The maximum absolute atomic E-state index is 12.4. The van der Waals surface area contributed by atoms with Crippen molar-refractivity contribution in [2.24, 2.45) is 0 Å². The van der Waals surface area contributed by atoms with Crippen molar-refractivity contribution in [1.82, 2.24) is 5.32 Å². The summed E-state index contributed by atoms with van der Waals surface area (Å²) in [6.45, 7) is 0.695. The fourth-order valence-electron chi connectivity index (χ4n) is 2.98. The lowest BCUT2D eigenvalue weighted by Crippen LogP contribution is -2.39. The number of carbonyl (C=O) groups is 1. The van der Waals surface area contributed by atoms with Crippen LogP contribution in [0, 0.1) is 0 Å². The van der Waals surface area contributed by atoms with E-state index in [9.17, 15) is 4.79 Å². The van der Waals surface area contributed by atoms with Crippen molar-refractivity contribution in [3.05, 3.63) is 69.7 Å². The standard InChI is InChI=1S/C17H15Cl2NO/c18-12-6-7-14(15(19)10-12)16-13(8-9-20-17(16)21)11-4-2-1-3-5-11/h1-7,10,13,16H,8-9H2,(H,20,21). The molecule has 4 heteroatoms. The minimum absolute atomic E-state index is 0.0272. The smallest absolute Gasteiger partial charge is 0.228 e. The van der Waals surface area contributed by atoms with Crippen LogP contribution in [0.1, 0.15) is 29.4 Å². The van der Waals surface area contributed by atoms with Crippen LogP contribution in [-0.4, -0.2) is 12.5 Å². The van der Waals surface area contributed by atoms with E-state index in [-0.39, 0.29) is 17.7 Å². The number of piperidine rings is 1. The monoisotopic (exact) mass is 319 g/mol. The molecule has 2 aromatic rings. The van der Waals surface area contributed by atoms with Crippen LogP contribution in [-0.2, 0) is 4.79 Å². The summed E-state index contributed by atoms with van der Waals surface area (Å²) in [7, 11) is 0. The van der Waals surface area contributed by atoms with E-state index in [4.69, 9.17) is 23.2 Å². The molecule has 1 saturated heterocycles. The van der Waals surface area contributed by atoms with Gasteiger partial charge in [-0.25, -0.2) is 0 Å². The van der Waals surface area contributed by atoms with Crippen LogP contribution < -0.4 is 5.32 Å². The molecule has 2 aromatic carbocycles. The van der Waals surface area contributed by atoms with E-state index >= 15 is 0 Å². The number of halogens is 2. The van der Waals surface area contributed by atoms with Gasteiger partial charge in [0.15, 0.2) is 0 Å². The molecular formula is C17H15Cl2NO. The third-order valence-electron chi connectivity index (χ3n) is 3.96. The van der Waals surface area contributed by atoms with Crippen LogP contribution >= 0.6 is 23.2 Å². The van der Waals surface area contributed by atoms with Crippen LogP contribution in [0.3, 0.4) is 0 Å². The van der Waals surface area contributed by atoms with Gasteiger partial charge in [0.05, 0.1) is 5.92 Å². The first-order valence-electron chi connectivity index (χ1n) is 6.94. The summed E-state index contributed by atoms with van der Waals surface area (Å²) in [4.78, 5) is 12.4. The van der Waals surface area contributed by atoms with Crippen LogP contribution in [0.2, 0.25) is 10.0 Å². The second-order valence-corrected chi connectivity index (χ2v) is 6.08. The number of amides is 1. The highest BCUT2D eigenvalue weighted by molar-refractivity contribution is 6.35. The highest BCUT2D eigenvalue weighted by Gasteiger charge is 2.35. The molecule has 2 nitrogen and oxygen atoms in total. The van der Waals surface area contributed by atoms with Gasteiger partial charge in [-0.1, -0.05) is 59.6 Å². The maximum Gasteiger partial charge on any atom is 0.228 e. The molecule has 21 heavy (non-hydrogen) atoms. The van der Waals surface area contributed by atoms with Gasteiger partial charge in [-0.05, 0) is 29.7 Å². The highest BCUT2D eigenvalue weighted by Crippen LogP contribution is 2.41. The van der Waals surface area contributed by atoms with Crippen molar-refractivity contribution in [1.29, 1.82) is 0 Å². The van der Waals surface area contributed by atoms with Gasteiger partial charge in [0.25, 0.3) is 0 Å². The van der Waals surface area contributed by atoms with E-state index < -0.39 is 0 Å². The zero-order valence-corrected chi connectivity index (χ0v) is 12.9. The molecule has 2 atom stereocenters. The Morgan fingerprint density at radius 2 is 1.81 bits per heavy atom. The molecule has 1 N–H and O–H groups in total. The molecule has 3 rings (SSSR count). The molecule has 1 fully saturated rings. The number of carbonyl (C=O) groups excluding carboxylic acids is 1. The van der Waals surface area contributed by atoms with E-state index in [0.717, 1.165) is 12.0 Å². The summed E-state index contributed by atoms with van der Waals surface area (Å²) < 4.78 is 0. The van der Waals surface area contributed by atoms with E-state index in [2.05, 4.69) is 17.4 Å². The van der Waals surface area contributed by atoms with E-state index in [1.165, 1.54) is 5.56 Å². The van der Waals surface area contributed by atoms with Crippen LogP contribution in [0.15, 0.2) is 48.5 Å². The molecule has 1 aliphatic rings. The average molecular weight is 320 g/mol. The topological polar surface area (TPSA) is 29.1 Å². The zero-order valence-electron chi connectivity index (χ0n) is 11.4. The summed E-state index contributed by atoms with van der Waals surface area (Å²) in [5.74, 6) is -0.108. The highest BCUT2D eigenvalue weighted by atomic mass is 35.5. The normalized spacial score (nSPS) is 21.9. The summed E-state index contributed by atoms with van der Waals surface area (Å²) in [6.07, 6.45) is 0.902. The van der Waals surface area contributed by atoms with Crippen LogP contribution in [0.5, 0.6) is 0 Å². The predicted octanol–water partition coefficient (Wildman–Crippen LogP) is 4.38. The molecule has 0 aromatic heterocycles. The molecule has 108 valence electrons. The Kier molecular flexibility index (Phi) is 4.18. The summed E-state index contributed by atoms with van der Waals surface area (Å²) in [6, 6.07) is 15.5. The predicted molar refractivity (Wildman–Crippen MR) is 86.0 cm³/mol. The van der Waals surface area contributed by atoms with Crippen molar-refractivity contribution in [2.45, 2.75) is 18.3 Å². The van der Waals surface area contributed by atoms with E-state index in [0.29, 0.717) is 16.6 Å². The molecule has 1 amide bonds. The fraction of sp³-hybridized carbons (Fsp3) is 0.235. The van der Waals surface area contributed by atoms with Gasteiger partial charge in [-0.3, -0.25) is 4.79 Å². The van der Waals surface area contributed by atoms with E-state index in [1.54, 1.807) is 12.1 Å². The van der Waals surface area contributed by atoms with Crippen LogP contribution in [0.25, 0.3) is 0 Å². The quantitative estimate of drug-likeness (QED) is 0.874. The first-order chi connectivity index (χ1) is 10.2. The SMILES string of the molecule is O=C1NCCC(c2ccccc2)C1c1ccc(Cl)cc1Cl. The van der Waals surface area contributed by atoms with Crippen LogP contribution in [0.4, 0.5) is 0 Å². The fourth-order valence-corrected chi connectivity index (χ4v) is 3.51. The van der Waals surface area contributed by atoms with Crippen molar-refractivity contribution in [3.8, 4) is 0 Å². The zero-order chi connectivity index (χ0) is 14.8. The number of benzene rings is 2. The molecule has 0 saturated carbocycles. The molecule has 0 aliphatic carbocycles. The summed E-state index contributed by atoms with van der Waals surface area (Å²) in [5, 5.41) is 4.07. The number of nitrogens with one attached hydrogen (secondary N) is 1. The number of rotatable bonds is 2. The number of hydrogen-bond donors (Lipinski definition) is 1. The summed E-state index contributed by atoms with van der Waals surface area (Å²) in [5.41, 5.74) is 2.01. The first-order valence-corrected chi connectivity index (χ1v) is 7.70.